The van der Waals surface area contributed by atoms with Crippen LogP contribution in [0.5, 0.6) is 0 Å². The Labute approximate surface area is 153 Å². The van der Waals surface area contributed by atoms with Gasteiger partial charge in [-0.15, -0.1) is 23.5 Å². The van der Waals surface area contributed by atoms with Crippen LogP contribution in [0.2, 0.25) is 5.02 Å². The van der Waals surface area contributed by atoms with Crippen molar-refractivity contribution in [3.05, 3.63) is 59.6 Å². The molecule has 0 fully saturated rings. The fraction of sp³-hybridized carbons (Fsp3) is 0.368. The van der Waals surface area contributed by atoms with Crippen molar-refractivity contribution in [1.29, 1.82) is 0 Å². The highest BCUT2D eigenvalue weighted by Crippen LogP contribution is 2.37. The second kappa shape index (κ2) is 10.3. The van der Waals surface area contributed by atoms with Crippen LogP contribution in [-0.2, 0) is 0 Å². The summed E-state index contributed by atoms with van der Waals surface area (Å²) >= 11 is 9.88. The number of nitrogens with zero attached hydrogens (tertiary/aromatic N) is 1. The molecule has 0 heterocycles. The molecule has 2 rings (SSSR count). The van der Waals surface area contributed by atoms with E-state index in [1.807, 2.05) is 35.7 Å². The molecule has 0 aliphatic carbocycles. The maximum absolute atomic E-state index is 6.00. The molecule has 4 heteroatoms. The van der Waals surface area contributed by atoms with Crippen LogP contribution >= 0.6 is 35.1 Å². The Kier molecular flexibility index (Phi) is 8.38. The molecule has 0 aromatic heterocycles. The minimum absolute atomic E-state index is 0.499. The Bertz CT molecular complexity index is 555. The average molecular weight is 366 g/mol. The maximum Gasteiger partial charge on any atom is 0.0609 e. The molecule has 0 aliphatic rings. The Morgan fingerprint density at radius 1 is 0.870 bits per heavy atom. The lowest BCUT2D eigenvalue weighted by atomic mass is 10.4. The van der Waals surface area contributed by atoms with E-state index in [0.29, 0.717) is 4.58 Å². The molecule has 0 amide bonds. The van der Waals surface area contributed by atoms with E-state index in [-0.39, 0.29) is 0 Å². The van der Waals surface area contributed by atoms with Crippen LogP contribution in [0.15, 0.2) is 64.4 Å². The van der Waals surface area contributed by atoms with E-state index in [4.69, 9.17) is 11.6 Å². The molecular formula is C19H24ClNS2. The predicted octanol–water partition coefficient (Wildman–Crippen LogP) is 6.28. The summed E-state index contributed by atoms with van der Waals surface area (Å²) < 4.78 is 0.499. The topological polar surface area (TPSA) is 3.24 Å². The lowest BCUT2D eigenvalue weighted by molar-refractivity contribution is 0.304. The van der Waals surface area contributed by atoms with Crippen LogP contribution in [0.25, 0.3) is 0 Å². The van der Waals surface area contributed by atoms with E-state index in [9.17, 15) is 0 Å². The summed E-state index contributed by atoms with van der Waals surface area (Å²) in [6.45, 7) is 7.83. The second-order valence-electron chi connectivity index (χ2n) is 5.25. The normalized spacial score (nSPS) is 12.5. The van der Waals surface area contributed by atoms with Crippen molar-refractivity contribution in [2.75, 3.05) is 19.6 Å². The standard InChI is InChI=1S/C19H24ClNS2/c1-3-21(4-2)15-14-19(22-17-8-6-5-7-9-17)23-18-12-10-16(20)11-13-18/h5-13,19H,3-4,14-15H2,1-2H3. The van der Waals surface area contributed by atoms with E-state index < -0.39 is 0 Å². The van der Waals surface area contributed by atoms with Gasteiger partial charge in [0.1, 0.15) is 0 Å². The van der Waals surface area contributed by atoms with Crippen molar-refractivity contribution in [3.8, 4) is 0 Å². The van der Waals surface area contributed by atoms with E-state index in [2.05, 4.69) is 61.2 Å². The third-order valence-corrected chi connectivity index (χ3v) is 6.58. The van der Waals surface area contributed by atoms with Crippen molar-refractivity contribution < 1.29 is 0 Å². The van der Waals surface area contributed by atoms with Gasteiger partial charge in [0.25, 0.3) is 0 Å². The molecular weight excluding hydrogens is 342 g/mol. The van der Waals surface area contributed by atoms with Gasteiger partial charge < -0.3 is 4.90 Å². The van der Waals surface area contributed by atoms with Crippen molar-refractivity contribution in [3.63, 3.8) is 0 Å². The van der Waals surface area contributed by atoms with E-state index in [1.54, 1.807) is 0 Å². The fourth-order valence-electron chi connectivity index (χ4n) is 2.29. The zero-order valence-corrected chi connectivity index (χ0v) is 16.1. The Balaban J connectivity index is 2.02. The quantitative estimate of drug-likeness (QED) is 0.380. The molecule has 0 spiro atoms. The Hall–Kier alpha value is -0.610. The van der Waals surface area contributed by atoms with Crippen LogP contribution in [0.3, 0.4) is 0 Å². The first-order valence-electron chi connectivity index (χ1n) is 8.07. The highest BCUT2D eigenvalue weighted by Gasteiger charge is 2.14. The first-order chi connectivity index (χ1) is 11.2. The van der Waals surface area contributed by atoms with Gasteiger partial charge in [-0.05, 0) is 62.5 Å². The summed E-state index contributed by atoms with van der Waals surface area (Å²) in [5.74, 6) is 0. The molecule has 0 saturated heterocycles. The first kappa shape index (κ1) is 18.7. The van der Waals surface area contributed by atoms with E-state index in [1.165, 1.54) is 9.79 Å². The molecule has 1 nitrogen and oxygen atoms in total. The number of benzene rings is 2. The van der Waals surface area contributed by atoms with Gasteiger partial charge in [0, 0.05) is 14.8 Å². The summed E-state index contributed by atoms with van der Waals surface area (Å²) in [5, 5.41) is 0.796. The third kappa shape index (κ3) is 6.80. The highest BCUT2D eigenvalue weighted by atomic mass is 35.5. The van der Waals surface area contributed by atoms with Gasteiger partial charge in [-0.3, -0.25) is 0 Å². The minimum atomic E-state index is 0.499. The summed E-state index contributed by atoms with van der Waals surface area (Å²) in [5.41, 5.74) is 0. The molecule has 23 heavy (non-hydrogen) atoms. The summed E-state index contributed by atoms with van der Waals surface area (Å²) in [4.78, 5) is 5.10. The van der Waals surface area contributed by atoms with Crippen LogP contribution in [0.4, 0.5) is 0 Å². The van der Waals surface area contributed by atoms with Crippen molar-refractivity contribution in [2.24, 2.45) is 0 Å². The summed E-state index contributed by atoms with van der Waals surface area (Å²) in [6, 6.07) is 18.8. The van der Waals surface area contributed by atoms with Crippen molar-refractivity contribution in [2.45, 2.75) is 34.6 Å². The van der Waals surface area contributed by atoms with Gasteiger partial charge in [-0.2, -0.15) is 0 Å². The number of hydrogen-bond acceptors (Lipinski definition) is 3. The van der Waals surface area contributed by atoms with Gasteiger partial charge in [0.15, 0.2) is 0 Å². The van der Waals surface area contributed by atoms with Crippen LogP contribution < -0.4 is 0 Å². The molecule has 0 saturated carbocycles. The van der Waals surface area contributed by atoms with Crippen molar-refractivity contribution in [1.82, 2.24) is 4.90 Å². The van der Waals surface area contributed by atoms with Gasteiger partial charge in [0.05, 0.1) is 4.58 Å². The van der Waals surface area contributed by atoms with Gasteiger partial charge in [0.2, 0.25) is 0 Å². The zero-order valence-electron chi connectivity index (χ0n) is 13.7. The third-order valence-electron chi connectivity index (χ3n) is 3.67. The minimum Gasteiger partial charge on any atom is -0.304 e. The van der Waals surface area contributed by atoms with Gasteiger partial charge >= 0.3 is 0 Å². The SMILES string of the molecule is CCN(CC)CCC(Sc1ccccc1)Sc1ccc(Cl)cc1. The lowest BCUT2D eigenvalue weighted by Gasteiger charge is -2.22. The zero-order chi connectivity index (χ0) is 16.5. The molecule has 2 aromatic carbocycles. The summed E-state index contributed by atoms with van der Waals surface area (Å²) in [7, 11) is 0. The molecule has 0 radical (unpaired) electrons. The highest BCUT2D eigenvalue weighted by molar-refractivity contribution is 8.17. The van der Waals surface area contributed by atoms with Crippen LogP contribution in [-0.4, -0.2) is 29.1 Å². The predicted molar refractivity (Wildman–Crippen MR) is 106 cm³/mol. The van der Waals surface area contributed by atoms with E-state index >= 15 is 0 Å². The molecule has 0 aliphatic heterocycles. The Morgan fingerprint density at radius 3 is 2.00 bits per heavy atom. The van der Waals surface area contributed by atoms with Crippen LogP contribution in [0.1, 0.15) is 20.3 Å². The fourth-order valence-corrected chi connectivity index (χ4v) is 4.93. The Morgan fingerprint density at radius 2 is 1.43 bits per heavy atom. The molecule has 2 aromatic rings. The second-order valence-corrected chi connectivity index (χ2v) is 8.53. The number of rotatable bonds is 9. The number of thioether (sulfide) groups is 2. The molecule has 0 bridgehead atoms. The smallest absolute Gasteiger partial charge is 0.0609 e. The number of halogens is 1. The number of hydrogen-bond donors (Lipinski definition) is 0. The molecule has 1 atom stereocenters. The van der Waals surface area contributed by atoms with E-state index in [0.717, 1.165) is 31.1 Å². The summed E-state index contributed by atoms with van der Waals surface area (Å²) in [6.07, 6.45) is 1.16. The molecule has 124 valence electrons. The first-order valence-corrected chi connectivity index (χ1v) is 10.2. The lowest BCUT2D eigenvalue weighted by Crippen LogP contribution is -2.25. The maximum atomic E-state index is 6.00. The average Bonchev–Trinajstić information content (AvgIpc) is 2.58. The molecule has 1 unspecified atom stereocenters. The van der Waals surface area contributed by atoms with Crippen LogP contribution in [0, 0.1) is 0 Å². The largest absolute Gasteiger partial charge is 0.304 e. The van der Waals surface area contributed by atoms with Gasteiger partial charge in [-0.1, -0.05) is 43.6 Å². The molecule has 0 N–H and O–H groups in total. The van der Waals surface area contributed by atoms with Crippen molar-refractivity contribution >= 4 is 35.1 Å². The van der Waals surface area contributed by atoms with Gasteiger partial charge in [-0.25, -0.2) is 0 Å². The monoisotopic (exact) mass is 365 g/mol.